The van der Waals surface area contributed by atoms with Gasteiger partial charge in [0, 0.05) is 13.8 Å². The summed E-state index contributed by atoms with van der Waals surface area (Å²) in [6, 6.07) is 8.71. The minimum absolute atomic E-state index is 0.211. The van der Waals surface area contributed by atoms with E-state index in [0.29, 0.717) is 12.4 Å². The van der Waals surface area contributed by atoms with E-state index in [2.05, 4.69) is 16.1 Å². The second-order valence-corrected chi connectivity index (χ2v) is 3.04. The summed E-state index contributed by atoms with van der Waals surface area (Å²) in [5, 5.41) is 8.63. The van der Waals surface area contributed by atoms with Crippen molar-refractivity contribution >= 4 is 11.9 Å². The zero-order valence-electron chi connectivity index (χ0n) is 11.5. The molecule has 0 spiro atoms. The van der Waals surface area contributed by atoms with Crippen LogP contribution in [0.5, 0.6) is 5.75 Å². The Morgan fingerprint density at radius 3 is 1.84 bits per heavy atom. The van der Waals surface area contributed by atoms with Gasteiger partial charge in [-0.15, -0.1) is 0 Å². The molecule has 0 aromatic heterocycles. The minimum Gasteiger partial charge on any atom is -0.508 e. The van der Waals surface area contributed by atoms with E-state index in [1.165, 1.54) is 13.8 Å². The first kappa shape index (κ1) is 19.0. The highest BCUT2D eigenvalue weighted by Crippen LogP contribution is 2.02. The summed E-state index contributed by atoms with van der Waals surface area (Å²) in [5.74, 6) is -0.218. The zero-order chi connectivity index (χ0) is 15.1. The predicted octanol–water partition coefficient (Wildman–Crippen LogP) is 2.65. The van der Waals surface area contributed by atoms with Gasteiger partial charge < -0.3 is 14.6 Å². The number of ether oxygens (including phenoxy) is 2. The third kappa shape index (κ3) is 21.5. The first-order valence-corrected chi connectivity index (χ1v) is 5.59. The number of carbonyl (C=O) groups excluding carboxylic acids is 2. The Bertz CT molecular complexity index is 359. The Kier molecular flexibility index (Phi) is 13.8. The lowest BCUT2D eigenvalue weighted by atomic mass is 10.3. The standard InChI is InChI=1S/C6H6O.C4H8O2.C4H6O2/c7-6-4-2-1-3-5-6;2*1-3-6-4(2)5/h1-5,7H;3H2,1-2H3;3H,1H2,2H3. The van der Waals surface area contributed by atoms with Crippen molar-refractivity contribution in [3.05, 3.63) is 43.2 Å². The van der Waals surface area contributed by atoms with E-state index in [0.717, 1.165) is 6.26 Å². The molecule has 5 heteroatoms. The molecule has 0 fully saturated rings. The molecule has 19 heavy (non-hydrogen) atoms. The van der Waals surface area contributed by atoms with Crippen molar-refractivity contribution in [2.24, 2.45) is 0 Å². The summed E-state index contributed by atoms with van der Waals surface area (Å²) >= 11 is 0. The first-order valence-electron chi connectivity index (χ1n) is 5.59. The van der Waals surface area contributed by atoms with Crippen LogP contribution in [-0.4, -0.2) is 23.7 Å². The molecule has 106 valence electrons. The number of rotatable bonds is 2. The Balaban J connectivity index is 0. The van der Waals surface area contributed by atoms with Gasteiger partial charge in [-0.3, -0.25) is 9.59 Å². The van der Waals surface area contributed by atoms with Crippen molar-refractivity contribution in [1.29, 1.82) is 0 Å². The van der Waals surface area contributed by atoms with Crippen LogP contribution in [0.2, 0.25) is 0 Å². The third-order valence-corrected chi connectivity index (χ3v) is 1.35. The number of esters is 2. The lowest BCUT2D eigenvalue weighted by Crippen LogP contribution is -1.95. The SMILES string of the molecule is C=COC(C)=O.CCOC(C)=O.Oc1ccccc1. The van der Waals surface area contributed by atoms with Gasteiger partial charge in [-0.25, -0.2) is 0 Å². The van der Waals surface area contributed by atoms with Gasteiger partial charge in [-0.05, 0) is 19.1 Å². The number of carbonyl (C=O) groups is 2. The molecule has 1 N–H and O–H groups in total. The van der Waals surface area contributed by atoms with Crippen LogP contribution in [0.3, 0.4) is 0 Å². The Labute approximate surface area is 113 Å². The van der Waals surface area contributed by atoms with Crippen molar-refractivity contribution in [1.82, 2.24) is 0 Å². The molecule has 0 saturated heterocycles. The smallest absolute Gasteiger partial charge is 0.307 e. The summed E-state index contributed by atoms with van der Waals surface area (Å²) in [7, 11) is 0. The molecule has 0 aliphatic rings. The summed E-state index contributed by atoms with van der Waals surface area (Å²) in [4.78, 5) is 19.6. The molecule has 0 aliphatic heterocycles. The number of benzene rings is 1. The number of phenols is 1. The number of para-hydroxylation sites is 1. The van der Waals surface area contributed by atoms with E-state index in [1.807, 2.05) is 6.07 Å². The molecule has 0 unspecified atom stereocenters. The molecule has 0 heterocycles. The van der Waals surface area contributed by atoms with Crippen LogP contribution in [0.1, 0.15) is 20.8 Å². The van der Waals surface area contributed by atoms with Crippen LogP contribution in [0.15, 0.2) is 43.2 Å². The number of hydrogen-bond acceptors (Lipinski definition) is 5. The predicted molar refractivity (Wildman–Crippen MR) is 72.4 cm³/mol. The van der Waals surface area contributed by atoms with Gasteiger partial charge in [0.25, 0.3) is 0 Å². The molecule has 0 bridgehead atoms. The lowest BCUT2D eigenvalue weighted by Gasteiger charge is -1.89. The Morgan fingerprint density at radius 2 is 1.74 bits per heavy atom. The zero-order valence-corrected chi connectivity index (χ0v) is 11.5. The minimum atomic E-state index is -0.329. The lowest BCUT2D eigenvalue weighted by molar-refractivity contribution is -0.140. The molecule has 0 amide bonds. The van der Waals surface area contributed by atoms with Gasteiger partial charge in [-0.1, -0.05) is 24.8 Å². The summed E-state index contributed by atoms with van der Waals surface area (Å²) in [6.45, 7) is 8.13. The highest BCUT2D eigenvalue weighted by atomic mass is 16.5. The number of phenolic OH excluding ortho intramolecular Hbond substituents is 1. The van der Waals surface area contributed by atoms with Gasteiger partial charge in [0.15, 0.2) is 0 Å². The molecule has 1 aromatic carbocycles. The fourth-order valence-corrected chi connectivity index (χ4v) is 0.749. The quantitative estimate of drug-likeness (QED) is 0.659. The van der Waals surface area contributed by atoms with Gasteiger partial charge in [0.2, 0.25) is 0 Å². The molecule has 0 saturated carbocycles. The summed E-state index contributed by atoms with van der Waals surface area (Å²) in [5.41, 5.74) is 0. The second-order valence-electron chi connectivity index (χ2n) is 3.04. The van der Waals surface area contributed by atoms with Crippen LogP contribution < -0.4 is 0 Å². The molecule has 1 aromatic rings. The van der Waals surface area contributed by atoms with E-state index in [9.17, 15) is 9.59 Å². The van der Waals surface area contributed by atoms with Crippen molar-refractivity contribution in [2.75, 3.05) is 6.61 Å². The number of hydrogen-bond donors (Lipinski definition) is 1. The van der Waals surface area contributed by atoms with E-state index in [1.54, 1.807) is 31.2 Å². The summed E-state index contributed by atoms with van der Waals surface area (Å²) < 4.78 is 8.57. The number of aromatic hydroxyl groups is 1. The van der Waals surface area contributed by atoms with Crippen LogP contribution in [-0.2, 0) is 19.1 Å². The van der Waals surface area contributed by atoms with Gasteiger partial charge in [-0.2, -0.15) is 0 Å². The van der Waals surface area contributed by atoms with Crippen LogP contribution in [0.4, 0.5) is 0 Å². The normalized spacial score (nSPS) is 7.74. The largest absolute Gasteiger partial charge is 0.508 e. The summed E-state index contributed by atoms with van der Waals surface area (Å²) in [6.07, 6.45) is 1.10. The van der Waals surface area contributed by atoms with Crippen LogP contribution in [0.25, 0.3) is 0 Å². The van der Waals surface area contributed by atoms with Crippen LogP contribution in [0, 0.1) is 0 Å². The highest BCUT2D eigenvalue weighted by molar-refractivity contribution is 5.66. The van der Waals surface area contributed by atoms with Crippen molar-refractivity contribution < 1.29 is 24.2 Å². The van der Waals surface area contributed by atoms with E-state index in [4.69, 9.17) is 5.11 Å². The topological polar surface area (TPSA) is 72.8 Å². The monoisotopic (exact) mass is 268 g/mol. The maximum absolute atomic E-state index is 9.82. The Morgan fingerprint density at radius 1 is 1.21 bits per heavy atom. The van der Waals surface area contributed by atoms with Gasteiger partial charge in [0.05, 0.1) is 12.9 Å². The molecular formula is C14H20O5. The van der Waals surface area contributed by atoms with Crippen LogP contribution >= 0.6 is 0 Å². The molecule has 0 atom stereocenters. The first-order chi connectivity index (χ1) is 8.93. The van der Waals surface area contributed by atoms with E-state index in [-0.39, 0.29) is 11.9 Å². The van der Waals surface area contributed by atoms with Gasteiger partial charge >= 0.3 is 11.9 Å². The third-order valence-electron chi connectivity index (χ3n) is 1.35. The van der Waals surface area contributed by atoms with Crippen molar-refractivity contribution in [2.45, 2.75) is 20.8 Å². The van der Waals surface area contributed by atoms with Crippen molar-refractivity contribution in [3.8, 4) is 5.75 Å². The van der Waals surface area contributed by atoms with Crippen molar-refractivity contribution in [3.63, 3.8) is 0 Å². The van der Waals surface area contributed by atoms with E-state index >= 15 is 0 Å². The second kappa shape index (κ2) is 13.8. The molecule has 0 aliphatic carbocycles. The molecular weight excluding hydrogens is 248 g/mol. The average Bonchev–Trinajstić information content (AvgIpc) is 2.31. The van der Waals surface area contributed by atoms with Gasteiger partial charge in [0.1, 0.15) is 5.75 Å². The maximum Gasteiger partial charge on any atom is 0.307 e. The maximum atomic E-state index is 9.82. The fraction of sp³-hybridized carbons (Fsp3) is 0.286. The van der Waals surface area contributed by atoms with E-state index < -0.39 is 0 Å². The average molecular weight is 268 g/mol. The molecule has 0 radical (unpaired) electrons. The highest BCUT2D eigenvalue weighted by Gasteiger charge is 1.81. The fourth-order valence-electron chi connectivity index (χ4n) is 0.749. The Hall–Kier alpha value is -2.30. The molecule has 5 nitrogen and oxygen atoms in total. The molecule has 1 rings (SSSR count).